The van der Waals surface area contributed by atoms with Crippen molar-refractivity contribution < 1.29 is 17.9 Å². The third kappa shape index (κ3) is 6.41. The Kier molecular flexibility index (Phi) is 7.89. The molecule has 1 saturated heterocycles. The Labute approximate surface area is 197 Å². The highest BCUT2D eigenvalue weighted by atomic mass is 32.2. The molecule has 0 radical (unpaired) electrons. The Bertz CT molecular complexity index is 1060. The van der Waals surface area contributed by atoms with Crippen LogP contribution in [0.25, 0.3) is 0 Å². The summed E-state index contributed by atoms with van der Waals surface area (Å²) in [6.45, 7) is 7.86. The van der Waals surface area contributed by atoms with Gasteiger partial charge in [0.25, 0.3) is 0 Å². The minimum Gasteiger partial charge on any atom is -0.495 e. The predicted molar refractivity (Wildman–Crippen MR) is 134 cm³/mol. The Hall–Kier alpha value is -2.74. The summed E-state index contributed by atoms with van der Waals surface area (Å²) in [4.78, 5) is 15.2. The number of rotatable bonds is 8. The molecule has 1 aliphatic heterocycles. The molecule has 1 atom stereocenters. The molecule has 0 aromatic heterocycles. The van der Waals surface area contributed by atoms with Gasteiger partial charge in [0.05, 0.1) is 25.1 Å². The molecule has 7 nitrogen and oxygen atoms in total. The molecule has 2 aromatic rings. The van der Waals surface area contributed by atoms with E-state index in [1.807, 2.05) is 32.0 Å². The van der Waals surface area contributed by atoms with Crippen LogP contribution in [0.1, 0.15) is 43.9 Å². The lowest BCUT2D eigenvalue weighted by Gasteiger charge is -2.32. The van der Waals surface area contributed by atoms with E-state index in [1.165, 1.54) is 25.6 Å². The fourth-order valence-corrected chi connectivity index (χ4v) is 4.97. The largest absolute Gasteiger partial charge is 0.495 e. The number of anilines is 2. The maximum Gasteiger partial charge on any atom is 0.241 e. The summed E-state index contributed by atoms with van der Waals surface area (Å²) in [5.41, 5.74) is 3.38. The van der Waals surface area contributed by atoms with E-state index >= 15 is 0 Å². The van der Waals surface area contributed by atoms with Crippen molar-refractivity contribution in [2.24, 2.45) is 5.92 Å². The van der Waals surface area contributed by atoms with Crippen molar-refractivity contribution in [2.45, 2.75) is 39.7 Å². The van der Waals surface area contributed by atoms with Crippen LogP contribution < -0.4 is 19.3 Å². The summed E-state index contributed by atoms with van der Waals surface area (Å²) in [6.07, 6.45) is 3.50. The molecule has 1 N–H and O–H groups in total. The van der Waals surface area contributed by atoms with Crippen LogP contribution in [-0.4, -0.2) is 47.3 Å². The minimum atomic E-state index is -3.70. The number of methoxy groups -OCH3 is 1. The van der Waals surface area contributed by atoms with E-state index in [2.05, 4.69) is 29.3 Å². The highest BCUT2D eigenvalue weighted by Gasteiger charge is 2.25. The van der Waals surface area contributed by atoms with Crippen molar-refractivity contribution in [3.63, 3.8) is 0 Å². The maximum absolute atomic E-state index is 12.8. The molecule has 33 heavy (non-hydrogen) atoms. The van der Waals surface area contributed by atoms with Crippen LogP contribution >= 0.6 is 0 Å². The summed E-state index contributed by atoms with van der Waals surface area (Å²) < 4.78 is 31.4. The number of nitrogens with one attached hydrogen (secondary N) is 1. The number of nitrogens with zero attached hydrogens (tertiary/aromatic N) is 2. The second-order valence-corrected chi connectivity index (χ2v) is 10.9. The first-order valence-electron chi connectivity index (χ1n) is 11.3. The van der Waals surface area contributed by atoms with Crippen LogP contribution in [-0.2, 0) is 14.8 Å². The third-order valence-electron chi connectivity index (χ3n) is 6.21. The molecule has 180 valence electrons. The average molecular weight is 474 g/mol. The summed E-state index contributed by atoms with van der Waals surface area (Å²) in [6, 6.07) is 13.2. The maximum atomic E-state index is 12.8. The lowest BCUT2D eigenvalue weighted by Crippen LogP contribution is -2.41. The Morgan fingerprint density at radius 2 is 1.82 bits per heavy atom. The van der Waals surface area contributed by atoms with Crippen molar-refractivity contribution in [1.29, 1.82) is 0 Å². The number of piperidine rings is 1. The lowest BCUT2D eigenvalue weighted by molar-refractivity contribution is -0.120. The van der Waals surface area contributed by atoms with Gasteiger partial charge in [0.15, 0.2) is 0 Å². The molecule has 2 aromatic carbocycles. The zero-order valence-corrected chi connectivity index (χ0v) is 21.0. The van der Waals surface area contributed by atoms with Gasteiger partial charge in [0, 0.05) is 18.8 Å². The lowest BCUT2D eigenvalue weighted by atomic mass is 9.98. The first-order chi connectivity index (χ1) is 15.6. The highest BCUT2D eigenvalue weighted by Crippen LogP contribution is 2.31. The van der Waals surface area contributed by atoms with Crippen molar-refractivity contribution in [3.8, 4) is 5.75 Å². The Morgan fingerprint density at radius 3 is 2.39 bits per heavy atom. The Balaban J connectivity index is 1.69. The molecule has 0 aliphatic carbocycles. The van der Waals surface area contributed by atoms with Gasteiger partial charge in [-0.15, -0.1) is 0 Å². The summed E-state index contributed by atoms with van der Waals surface area (Å²) in [5, 5.41) is 2.93. The summed E-state index contributed by atoms with van der Waals surface area (Å²) in [7, 11) is -2.22. The fraction of sp³-hybridized carbons (Fsp3) is 0.480. The first kappa shape index (κ1) is 24.9. The number of sulfonamides is 1. The molecule has 0 bridgehead atoms. The molecule has 1 heterocycles. The van der Waals surface area contributed by atoms with E-state index < -0.39 is 10.0 Å². The number of benzene rings is 2. The zero-order chi connectivity index (χ0) is 24.2. The van der Waals surface area contributed by atoms with E-state index in [4.69, 9.17) is 4.74 Å². The average Bonchev–Trinajstić information content (AvgIpc) is 2.77. The van der Waals surface area contributed by atoms with Crippen molar-refractivity contribution in [1.82, 2.24) is 5.32 Å². The van der Waals surface area contributed by atoms with Gasteiger partial charge in [-0.1, -0.05) is 25.1 Å². The van der Waals surface area contributed by atoms with Crippen LogP contribution in [0.3, 0.4) is 0 Å². The van der Waals surface area contributed by atoms with Crippen molar-refractivity contribution in [3.05, 3.63) is 53.6 Å². The molecule has 0 saturated carbocycles. The third-order valence-corrected chi connectivity index (χ3v) is 7.34. The topological polar surface area (TPSA) is 79.0 Å². The van der Waals surface area contributed by atoms with Gasteiger partial charge < -0.3 is 15.0 Å². The molecule has 3 rings (SSSR count). The van der Waals surface area contributed by atoms with Gasteiger partial charge in [-0.05, 0) is 68.0 Å². The smallest absolute Gasteiger partial charge is 0.241 e. The van der Waals surface area contributed by atoms with Gasteiger partial charge in [0.1, 0.15) is 12.3 Å². The molecule has 0 spiro atoms. The number of hydrogen-bond acceptors (Lipinski definition) is 5. The second-order valence-electron chi connectivity index (χ2n) is 9.00. The molecule has 1 amide bonds. The van der Waals surface area contributed by atoms with Crippen LogP contribution in [0.5, 0.6) is 5.75 Å². The van der Waals surface area contributed by atoms with Gasteiger partial charge in [-0.2, -0.15) is 0 Å². The number of carbonyl (C=O) groups excluding carboxylic acids is 1. The summed E-state index contributed by atoms with van der Waals surface area (Å²) in [5.74, 6) is 0.794. The number of amides is 1. The standard InChI is InChI=1S/C25H35N3O4S/c1-18-12-14-27(15-13-18)22-9-7-21(8-10-22)20(3)26-25(29)17-28(33(5,30)31)23-16-19(2)6-11-24(23)32-4/h6-11,16,18,20H,12-15,17H2,1-5H3,(H,26,29). The first-order valence-corrected chi connectivity index (χ1v) is 13.2. The van der Waals surface area contributed by atoms with Gasteiger partial charge in [-0.3, -0.25) is 9.10 Å². The van der Waals surface area contributed by atoms with Crippen LogP contribution in [0, 0.1) is 12.8 Å². The second kappa shape index (κ2) is 10.5. The van der Waals surface area contributed by atoms with Gasteiger partial charge >= 0.3 is 0 Å². The van der Waals surface area contributed by atoms with E-state index in [0.717, 1.165) is 40.7 Å². The number of carbonyl (C=O) groups is 1. The van der Waals surface area contributed by atoms with Crippen LogP contribution in [0.2, 0.25) is 0 Å². The number of hydrogen-bond donors (Lipinski definition) is 1. The SMILES string of the molecule is COc1ccc(C)cc1N(CC(=O)NC(C)c1ccc(N2CCC(C)CC2)cc1)S(C)(=O)=O. The predicted octanol–water partition coefficient (Wildman–Crippen LogP) is 3.88. The van der Waals surface area contributed by atoms with Crippen LogP contribution in [0.4, 0.5) is 11.4 Å². The fourth-order valence-electron chi connectivity index (χ4n) is 4.12. The van der Waals surface area contributed by atoms with Gasteiger partial charge in [0.2, 0.25) is 15.9 Å². The van der Waals surface area contributed by atoms with Crippen molar-refractivity contribution in [2.75, 3.05) is 42.2 Å². The zero-order valence-electron chi connectivity index (χ0n) is 20.2. The number of ether oxygens (including phenoxy) is 1. The van der Waals surface area contributed by atoms with E-state index in [-0.39, 0.29) is 18.5 Å². The molecule has 1 unspecified atom stereocenters. The Morgan fingerprint density at radius 1 is 1.18 bits per heavy atom. The molecular weight excluding hydrogens is 438 g/mol. The molecular formula is C25H35N3O4S. The quantitative estimate of drug-likeness (QED) is 0.629. The number of aryl methyl sites for hydroxylation is 1. The van der Waals surface area contributed by atoms with Gasteiger partial charge in [-0.25, -0.2) is 8.42 Å². The monoisotopic (exact) mass is 473 g/mol. The van der Waals surface area contributed by atoms with Crippen LogP contribution in [0.15, 0.2) is 42.5 Å². The van der Waals surface area contributed by atoms with E-state index in [9.17, 15) is 13.2 Å². The highest BCUT2D eigenvalue weighted by molar-refractivity contribution is 7.92. The molecule has 1 aliphatic rings. The molecule has 1 fully saturated rings. The normalized spacial score (nSPS) is 15.7. The summed E-state index contributed by atoms with van der Waals surface area (Å²) >= 11 is 0. The molecule has 8 heteroatoms. The van der Waals surface area contributed by atoms with E-state index in [0.29, 0.717) is 11.4 Å². The van der Waals surface area contributed by atoms with Crippen molar-refractivity contribution >= 4 is 27.3 Å². The minimum absolute atomic E-state index is 0.256. The van der Waals surface area contributed by atoms with E-state index in [1.54, 1.807) is 12.1 Å².